The van der Waals surface area contributed by atoms with E-state index in [-0.39, 0.29) is 0 Å². The van der Waals surface area contributed by atoms with Crippen molar-refractivity contribution in [1.82, 2.24) is 10.2 Å². The molecule has 1 fully saturated rings. The fourth-order valence-electron chi connectivity index (χ4n) is 2.79. The van der Waals surface area contributed by atoms with E-state index in [4.69, 9.17) is 16.3 Å². The van der Waals surface area contributed by atoms with E-state index in [2.05, 4.69) is 37.2 Å². The zero-order chi connectivity index (χ0) is 15.2. The van der Waals surface area contributed by atoms with Crippen molar-refractivity contribution in [3.8, 4) is 0 Å². The molecule has 2 atom stereocenters. The van der Waals surface area contributed by atoms with E-state index in [1.165, 1.54) is 5.56 Å². The minimum absolute atomic E-state index is 0.355. The van der Waals surface area contributed by atoms with Crippen LogP contribution >= 0.6 is 11.6 Å². The van der Waals surface area contributed by atoms with Crippen LogP contribution in [0.3, 0.4) is 0 Å². The number of nitrogens with zero attached hydrogens (tertiary/aromatic N) is 1. The first-order valence-electron chi connectivity index (χ1n) is 7.84. The van der Waals surface area contributed by atoms with Gasteiger partial charge in [0.15, 0.2) is 0 Å². The van der Waals surface area contributed by atoms with Crippen molar-refractivity contribution >= 4 is 11.6 Å². The third-order valence-corrected chi connectivity index (χ3v) is 4.04. The average molecular weight is 311 g/mol. The first-order valence-corrected chi connectivity index (χ1v) is 8.22. The Morgan fingerprint density at radius 3 is 2.81 bits per heavy atom. The largest absolute Gasteiger partial charge is 0.372 e. The van der Waals surface area contributed by atoms with Crippen molar-refractivity contribution in [2.24, 2.45) is 0 Å². The summed E-state index contributed by atoms with van der Waals surface area (Å²) in [5.74, 6) is 0. The van der Waals surface area contributed by atoms with Gasteiger partial charge in [0.25, 0.3) is 0 Å². The molecule has 0 aliphatic carbocycles. The van der Waals surface area contributed by atoms with Crippen LogP contribution in [0.2, 0.25) is 5.02 Å². The predicted octanol–water partition coefficient (Wildman–Crippen LogP) is 3.32. The lowest BCUT2D eigenvalue weighted by molar-refractivity contribution is 0.0259. The molecule has 1 aromatic carbocycles. The molecular formula is C17H27ClN2O. The summed E-state index contributed by atoms with van der Waals surface area (Å²) in [6.07, 6.45) is 3.05. The van der Waals surface area contributed by atoms with E-state index in [9.17, 15) is 0 Å². The number of hydrogen-bond acceptors (Lipinski definition) is 3. The smallest absolute Gasteiger partial charge is 0.0707 e. The van der Waals surface area contributed by atoms with Crippen molar-refractivity contribution in [3.05, 3.63) is 34.9 Å². The van der Waals surface area contributed by atoms with Gasteiger partial charge in [-0.15, -0.1) is 0 Å². The molecule has 1 aromatic rings. The molecule has 0 radical (unpaired) electrons. The molecule has 2 unspecified atom stereocenters. The Hall–Kier alpha value is -0.610. The Kier molecular flexibility index (Phi) is 6.49. The number of nitrogens with one attached hydrogen (secondary N) is 1. The normalized spacial score (nSPS) is 22.4. The highest BCUT2D eigenvalue weighted by atomic mass is 35.5. The van der Waals surface area contributed by atoms with Gasteiger partial charge in [-0.3, -0.25) is 4.90 Å². The highest BCUT2D eigenvalue weighted by molar-refractivity contribution is 6.30. The minimum atomic E-state index is 0.355. The second-order valence-corrected chi connectivity index (χ2v) is 6.78. The van der Waals surface area contributed by atoms with Crippen LogP contribution in [0.15, 0.2) is 24.3 Å². The maximum Gasteiger partial charge on any atom is 0.0707 e. The Bertz CT molecular complexity index is 439. The van der Waals surface area contributed by atoms with Crippen molar-refractivity contribution in [3.63, 3.8) is 0 Å². The zero-order valence-electron chi connectivity index (χ0n) is 13.3. The Morgan fingerprint density at radius 1 is 1.33 bits per heavy atom. The van der Waals surface area contributed by atoms with Crippen LogP contribution in [-0.4, -0.2) is 43.3 Å². The van der Waals surface area contributed by atoms with Gasteiger partial charge in [-0.05, 0) is 37.6 Å². The second kappa shape index (κ2) is 8.14. The van der Waals surface area contributed by atoms with E-state index in [1.54, 1.807) is 0 Å². The highest BCUT2D eigenvalue weighted by Crippen LogP contribution is 2.21. The third-order valence-electron chi connectivity index (χ3n) is 3.81. The number of likely N-dealkylation sites (N-methyl/N-ethyl adjacent to an activating group) is 1. The molecule has 0 spiro atoms. The third kappa shape index (κ3) is 5.95. The maximum atomic E-state index is 6.11. The molecule has 4 heteroatoms. The monoisotopic (exact) mass is 310 g/mol. The van der Waals surface area contributed by atoms with Crippen LogP contribution in [0, 0.1) is 0 Å². The summed E-state index contributed by atoms with van der Waals surface area (Å²) in [5, 5.41) is 4.26. The second-order valence-electron chi connectivity index (χ2n) is 6.35. The van der Waals surface area contributed by atoms with Crippen molar-refractivity contribution in [1.29, 1.82) is 0 Å². The van der Waals surface area contributed by atoms with Gasteiger partial charge in [-0.2, -0.15) is 0 Å². The summed E-state index contributed by atoms with van der Waals surface area (Å²) in [6.45, 7) is 7.20. The average Bonchev–Trinajstić information content (AvgIpc) is 2.83. The number of hydrogen-bond donors (Lipinski definition) is 1. The molecule has 1 saturated heterocycles. The lowest BCUT2D eigenvalue weighted by atomic mass is 10.1. The van der Waals surface area contributed by atoms with Gasteiger partial charge in [0.05, 0.1) is 12.2 Å². The van der Waals surface area contributed by atoms with Crippen LogP contribution < -0.4 is 5.32 Å². The standard InChI is InChI=1S/C17H27ClN2O/c1-13(2)19-10-16-7-8-17(21-16)12-20(3)11-14-5-4-6-15(18)9-14/h4-6,9,13,16-17,19H,7-8,10-12H2,1-3H3. The van der Waals surface area contributed by atoms with Gasteiger partial charge in [-0.25, -0.2) is 0 Å². The van der Waals surface area contributed by atoms with Gasteiger partial charge < -0.3 is 10.1 Å². The van der Waals surface area contributed by atoms with Gasteiger partial charge in [0, 0.05) is 30.7 Å². The summed E-state index contributed by atoms with van der Waals surface area (Å²) in [7, 11) is 2.14. The Labute approximate surface area is 133 Å². The topological polar surface area (TPSA) is 24.5 Å². The lowest BCUT2D eigenvalue weighted by Gasteiger charge is -2.22. The first-order chi connectivity index (χ1) is 10.0. The van der Waals surface area contributed by atoms with Crippen LogP contribution in [0.4, 0.5) is 0 Å². The number of halogens is 1. The maximum absolute atomic E-state index is 6.11. The SMILES string of the molecule is CC(C)NCC1CCC(CN(C)Cc2cccc(Cl)c2)O1. The number of ether oxygens (including phenoxy) is 1. The molecule has 0 aromatic heterocycles. The fourth-order valence-corrected chi connectivity index (χ4v) is 3.00. The summed E-state index contributed by atoms with van der Waals surface area (Å²) in [4.78, 5) is 2.31. The van der Waals surface area contributed by atoms with Crippen molar-refractivity contribution in [2.45, 2.75) is 51.5 Å². The van der Waals surface area contributed by atoms with Crippen molar-refractivity contribution in [2.75, 3.05) is 20.1 Å². The van der Waals surface area contributed by atoms with Crippen LogP contribution in [0.1, 0.15) is 32.3 Å². The van der Waals surface area contributed by atoms with Crippen molar-refractivity contribution < 1.29 is 4.74 Å². The molecule has 118 valence electrons. The summed E-state index contributed by atoms with van der Waals surface area (Å²) in [5.41, 5.74) is 1.25. The summed E-state index contributed by atoms with van der Waals surface area (Å²) < 4.78 is 6.11. The van der Waals surface area contributed by atoms with E-state index in [0.29, 0.717) is 18.2 Å². The van der Waals surface area contributed by atoms with Crippen LogP contribution in [0.5, 0.6) is 0 Å². The van der Waals surface area contributed by atoms with E-state index in [0.717, 1.165) is 37.5 Å². The molecule has 1 aliphatic heterocycles. The molecule has 0 saturated carbocycles. The lowest BCUT2D eigenvalue weighted by Crippen LogP contribution is -2.34. The van der Waals surface area contributed by atoms with E-state index >= 15 is 0 Å². The quantitative estimate of drug-likeness (QED) is 0.836. The molecule has 3 nitrogen and oxygen atoms in total. The molecular weight excluding hydrogens is 284 g/mol. The molecule has 0 amide bonds. The molecule has 0 bridgehead atoms. The number of rotatable bonds is 7. The predicted molar refractivity (Wildman–Crippen MR) is 88.8 cm³/mol. The zero-order valence-corrected chi connectivity index (χ0v) is 14.1. The van der Waals surface area contributed by atoms with E-state index < -0.39 is 0 Å². The first kappa shape index (κ1) is 16.8. The minimum Gasteiger partial charge on any atom is -0.372 e. The fraction of sp³-hybridized carbons (Fsp3) is 0.647. The summed E-state index contributed by atoms with van der Waals surface area (Å²) in [6, 6.07) is 8.59. The molecule has 1 N–H and O–H groups in total. The van der Waals surface area contributed by atoms with Gasteiger partial charge in [0.1, 0.15) is 0 Å². The highest BCUT2D eigenvalue weighted by Gasteiger charge is 2.25. The van der Waals surface area contributed by atoms with E-state index in [1.807, 2.05) is 18.2 Å². The van der Waals surface area contributed by atoms with Crippen LogP contribution in [-0.2, 0) is 11.3 Å². The molecule has 21 heavy (non-hydrogen) atoms. The molecule has 1 aliphatic rings. The van der Waals surface area contributed by atoms with Gasteiger partial charge in [0.2, 0.25) is 0 Å². The Balaban J connectivity index is 1.72. The van der Waals surface area contributed by atoms with Gasteiger partial charge in [-0.1, -0.05) is 37.6 Å². The Morgan fingerprint density at radius 2 is 2.10 bits per heavy atom. The number of benzene rings is 1. The van der Waals surface area contributed by atoms with Gasteiger partial charge >= 0.3 is 0 Å². The van der Waals surface area contributed by atoms with Crippen LogP contribution in [0.25, 0.3) is 0 Å². The molecule has 1 heterocycles. The summed E-state index contributed by atoms with van der Waals surface area (Å²) >= 11 is 6.03. The molecule has 2 rings (SSSR count).